The number of fused-ring (bicyclic) bond motifs is 2. The Morgan fingerprint density at radius 2 is 0.706 bits per heavy atom. The average Bonchev–Trinajstić information content (AvgIpc) is 2.80. The minimum absolute atomic E-state index is 0.734. The van der Waals surface area contributed by atoms with Crippen LogP contribution in [0.3, 0.4) is 0 Å². The summed E-state index contributed by atoms with van der Waals surface area (Å²) >= 11 is 0. The lowest BCUT2D eigenvalue weighted by molar-refractivity contribution is 0.970. The highest BCUT2D eigenvalue weighted by Crippen LogP contribution is 2.41. The molecule has 0 saturated heterocycles. The summed E-state index contributed by atoms with van der Waals surface area (Å²) in [7, 11) is -7.09. The molecule has 1 aliphatic heterocycles. The quantitative estimate of drug-likeness (QED) is 0.369. The van der Waals surface area contributed by atoms with E-state index < -0.39 is 31.3 Å². The molecule has 1 heterocycles. The van der Waals surface area contributed by atoms with Gasteiger partial charge in [-0.25, -0.2) is 0 Å². The first-order valence-electron chi connectivity index (χ1n) is 13.9. The van der Waals surface area contributed by atoms with Crippen molar-refractivity contribution in [3.8, 4) is 0 Å². The molecule has 2 aromatic rings. The van der Waals surface area contributed by atoms with Crippen molar-refractivity contribution in [3.63, 3.8) is 0 Å². The second kappa shape index (κ2) is 9.64. The third-order valence-electron chi connectivity index (χ3n) is 11.3. The second-order valence-electron chi connectivity index (χ2n) is 13.4. The van der Waals surface area contributed by atoms with E-state index in [4.69, 9.17) is 0 Å². The van der Waals surface area contributed by atoms with Gasteiger partial charge in [-0.05, 0) is 22.2 Å². The van der Waals surface area contributed by atoms with E-state index in [0.717, 1.165) is 22.2 Å². The summed E-state index contributed by atoms with van der Waals surface area (Å²) in [4.78, 5) is 0. The lowest BCUT2D eigenvalue weighted by Gasteiger charge is -2.54. The van der Waals surface area contributed by atoms with Gasteiger partial charge in [0.25, 0.3) is 0 Å². The molecular formula is C30H52Si4. The molecule has 0 nitrogen and oxygen atoms in total. The molecule has 34 heavy (non-hydrogen) atoms. The molecule has 0 bridgehead atoms. The fourth-order valence-electron chi connectivity index (χ4n) is 7.24. The second-order valence-corrected chi connectivity index (χ2v) is 37.9. The molecule has 2 aromatic carbocycles. The van der Waals surface area contributed by atoms with Gasteiger partial charge in [0.05, 0.1) is 31.3 Å². The van der Waals surface area contributed by atoms with Gasteiger partial charge in [-0.15, -0.1) is 0 Å². The van der Waals surface area contributed by atoms with Crippen molar-refractivity contribution in [2.75, 3.05) is 0 Å². The lowest BCUT2D eigenvalue weighted by Crippen LogP contribution is -2.82. The summed E-state index contributed by atoms with van der Waals surface area (Å²) in [5.41, 5.74) is 3.01. The minimum Gasteiger partial charge on any atom is -0.0667 e. The highest BCUT2D eigenvalue weighted by Gasteiger charge is 2.58. The summed E-state index contributed by atoms with van der Waals surface area (Å²) in [6, 6.07) is 22.8. The SMILES string of the molecule is CC(C)[Si@]1(C)c2ccccc2[Si@](C)(C(C)C)CC[Si@@](C)(C(C)C)c2ccccc2[Si@@]1(C)C(C)C. The zero-order valence-electron chi connectivity index (χ0n) is 24.3. The van der Waals surface area contributed by atoms with Crippen molar-refractivity contribution in [1.82, 2.24) is 0 Å². The van der Waals surface area contributed by atoms with E-state index >= 15 is 0 Å². The van der Waals surface area contributed by atoms with Crippen LogP contribution in [0.5, 0.6) is 0 Å². The minimum atomic E-state index is -1.88. The Kier molecular flexibility index (Phi) is 7.91. The average molecular weight is 525 g/mol. The summed E-state index contributed by atoms with van der Waals surface area (Å²) in [6.07, 6.45) is 0. The Hall–Kier alpha value is -0.692. The third kappa shape index (κ3) is 3.95. The Morgan fingerprint density at radius 3 is 0.941 bits per heavy atom. The maximum atomic E-state index is 2.82. The van der Waals surface area contributed by atoms with E-state index in [-0.39, 0.29) is 0 Å². The van der Waals surface area contributed by atoms with Gasteiger partial charge in [0.1, 0.15) is 0 Å². The van der Waals surface area contributed by atoms with Gasteiger partial charge < -0.3 is 0 Å². The fraction of sp³-hybridized carbons (Fsp3) is 0.600. The van der Waals surface area contributed by atoms with E-state index in [1.165, 1.54) is 12.1 Å². The molecule has 1 aliphatic rings. The van der Waals surface area contributed by atoms with Crippen molar-refractivity contribution in [2.45, 2.75) is 116 Å². The van der Waals surface area contributed by atoms with Crippen molar-refractivity contribution >= 4 is 52.1 Å². The Balaban J connectivity index is 2.59. The molecule has 188 valence electrons. The molecule has 4 heteroatoms. The number of hydrogen-bond donors (Lipinski definition) is 0. The van der Waals surface area contributed by atoms with Crippen molar-refractivity contribution < 1.29 is 0 Å². The molecule has 0 saturated carbocycles. The molecule has 4 atom stereocenters. The van der Waals surface area contributed by atoms with Crippen LogP contribution in [-0.4, -0.2) is 31.3 Å². The smallest absolute Gasteiger partial charge is 0.0667 e. The Labute approximate surface area is 215 Å². The van der Waals surface area contributed by atoms with E-state index in [1.807, 2.05) is 20.7 Å². The fourth-order valence-corrected chi connectivity index (χ4v) is 39.5. The first kappa shape index (κ1) is 27.9. The molecule has 0 aliphatic carbocycles. The van der Waals surface area contributed by atoms with Gasteiger partial charge in [0.15, 0.2) is 0 Å². The molecular weight excluding hydrogens is 473 g/mol. The molecule has 0 spiro atoms. The molecule has 0 unspecified atom stereocenters. The normalized spacial score (nSPS) is 32.2. The lowest BCUT2D eigenvalue weighted by atomic mass is 10.4. The largest absolute Gasteiger partial charge is 0.0857 e. The number of rotatable bonds is 4. The highest BCUT2D eigenvalue weighted by atomic mass is 29.3. The molecule has 0 radical (unpaired) electrons. The standard InChI is InChI=1S/C30H52Si4/c1-23(2)31(9)21-22-32(10,24(3)4)28-18-14-16-20-30(28)34(12,26(7)8)33(11,25(5)6)29-19-15-13-17-27(29)31/h13-20,23-26H,21-22H2,1-12H3/t31-,32-,33+,34+/m0/s1. The van der Waals surface area contributed by atoms with E-state index in [0.29, 0.717) is 0 Å². The van der Waals surface area contributed by atoms with Crippen LogP contribution in [0.2, 0.25) is 60.4 Å². The van der Waals surface area contributed by atoms with Crippen LogP contribution in [0.1, 0.15) is 55.4 Å². The zero-order chi connectivity index (χ0) is 25.7. The van der Waals surface area contributed by atoms with Gasteiger partial charge >= 0.3 is 0 Å². The van der Waals surface area contributed by atoms with Crippen LogP contribution in [0.15, 0.2) is 48.5 Å². The number of hydrogen-bond acceptors (Lipinski definition) is 0. The molecule has 0 aromatic heterocycles. The first-order valence-corrected chi connectivity index (χ1v) is 25.6. The van der Waals surface area contributed by atoms with Crippen molar-refractivity contribution in [2.24, 2.45) is 0 Å². The van der Waals surface area contributed by atoms with E-state index in [1.54, 1.807) is 0 Å². The van der Waals surface area contributed by atoms with E-state index in [9.17, 15) is 0 Å². The van der Waals surface area contributed by atoms with Crippen LogP contribution in [0, 0.1) is 0 Å². The van der Waals surface area contributed by atoms with Gasteiger partial charge in [-0.2, -0.15) is 0 Å². The van der Waals surface area contributed by atoms with Gasteiger partial charge in [-0.1, -0.05) is 163 Å². The molecule has 0 fully saturated rings. The first-order chi connectivity index (χ1) is 15.7. The van der Waals surface area contributed by atoms with E-state index in [2.05, 4.69) is 130 Å². The van der Waals surface area contributed by atoms with Gasteiger partial charge in [0.2, 0.25) is 0 Å². The maximum Gasteiger partial charge on any atom is 0.0857 e. The van der Waals surface area contributed by atoms with Crippen LogP contribution in [0.25, 0.3) is 0 Å². The predicted octanol–water partition coefficient (Wildman–Crippen LogP) is 7.26. The third-order valence-corrected chi connectivity index (χ3v) is 44.8. The summed E-state index contributed by atoms with van der Waals surface area (Å²) in [5.74, 6) is 0. The maximum absolute atomic E-state index is 2.82. The molecule has 3 rings (SSSR count). The van der Waals surface area contributed by atoms with Crippen LogP contribution >= 0.6 is 0 Å². The summed E-state index contributed by atoms with van der Waals surface area (Å²) in [5, 5.41) is 7.37. The monoisotopic (exact) mass is 524 g/mol. The highest BCUT2D eigenvalue weighted by molar-refractivity contribution is 7.52. The van der Waals surface area contributed by atoms with Crippen LogP contribution in [0.4, 0.5) is 0 Å². The molecule has 0 amide bonds. The van der Waals surface area contributed by atoms with Crippen molar-refractivity contribution in [1.29, 1.82) is 0 Å². The Morgan fingerprint density at radius 1 is 0.441 bits per heavy atom. The predicted molar refractivity (Wildman–Crippen MR) is 168 cm³/mol. The van der Waals surface area contributed by atoms with Crippen LogP contribution in [-0.2, 0) is 0 Å². The van der Waals surface area contributed by atoms with Crippen LogP contribution < -0.4 is 20.7 Å². The topological polar surface area (TPSA) is 0 Å². The Bertz CT molecular complexity index is 931. The molecule has 0 N–H and O–H groups in total. The zero-order valence-corrected chi connectivity index (χ0v) is 28.3. The summed E-state index contributed by atoms with van der Waals surface area (Å²) in [6.45, 7) is 31.7. The van der Waals surface area contributed by atoms with Crippen molar-refractivity contribution in [3.05, 3.63) is 48.5 Å². The van der Waals surface area contributed by atoms with Gasteiger partial charge in [0, 0.05) is 0 Å². The summed E-state index contributed by atoms with van der Waals surface area (Å²) < 4.78 is 0. The van der Waals surface area contributed by atoms with Gasteiger partial charge in [-0.3, -0.25) is 0 Å². The number of benzene rings is 2.